The molecule has 0 aliphatic carbocycles. The van der Waals surface area contributed by atoms with Crippen molar-refractivity contribution < 1.29 is 9.53 Å². The van der Waals surface area contributed by atoms with Crippen molar-refractivity contribution in [3.05, 3.63) is 65.4 Å². The van der Waals surface area contributed by atoms with Gasteiger partial charge in [0, 0.05) is 37.4 Å². The molecule has 30 heavy (non-hydrogen) atoms. The molecule has 1 fully saturated rings. The van der Waals surface area contributed by atoms with Crippen molar-refractivity contribution in [1.29, 1.82) is 0 Å². The maximum absolute atomic E-state index is 13.0. The smallest absolute Gasteiger partial charge is 0.272 e. The monoisotopic (exact) mass is 404 g/mol. The normalized spacial score (nSPS) is 14.1. The number of hydrogen-bond donors (Lipinski definition) is 1. The first-order valence-corrected chi connectivity index (χ1v) is 10.5. The molecule has 0 radical (unpaired) electrons. The highest BCUT2D eigenvalue weighted by atomic mass is 16.5. The number of carbonyl (C=O) groups excluding carboxylic acids is 1. The summed E-state index contributed by atoms with van der Waals surface area (Å²) in [6.45, 7) is 9.95. The molecule has 1 amide bonds. The van der Waals surface area contributed by atoms with Gasteiger partial charge in [-0.15, -0.1) is 0 Å². The van der Waals surface area contributed by atoms with Gasteiger partial charge in [0.15, 0.2) is 0 Å². The first kappa shape index (κ1) is 20.0. The Balaban J connectivity index is 1.40. The Labute approximate surface area is 177 Å². The third-order valence-electron chi connectivity index (χ3n) is 5.75. The van der Waals surface area contributed by atoms with Crippen molar-refractivity contribution in [2.24, 2.45) is 0 Å². The number of aromatic amines is 1. The summed E-state index contributed by atoms with van der Waals surface area (Å²) in [5.74, 6) is 0.829. The molecular formula is C24H28N4O2. The summed E-state index contributed by atoms with van der Waals surface area (Å²) in [5, 5.41) is 7.25. The minimum Gasteiger partial charge on any atom is -0.494 e. The summed E-state index contributed by atoms with van der Waals surface area (Å²) in [4.78, 5) is 17.2. The molecule has 0 saturated carbocycles. The van der Waals surface area contributed by atoms with E-state index in [1.165, 1.54) is 16.8 Å². The molecule has 0 atom stereocenters. The van der Waals surface area contributed by atoms with Gasteiger partial charge < -0.3 is 14.5 Å². The van der Waals surface area contributed by atoms with Crippen LogP contribution in [0.3, 0.4) is 0 Å². The van der Waals surface area contributed by atoms with Gasteiger partial charge in [0.25, 0.3) is 5.91 Å². The molecule has 156 valence electrons. The number of H-pyrrole nitrogens is 1. The Bertz CT molecular complexity index is 1020. The number of aromatic nitrogens is 2. The van der Waals surface area contributed by atoms with E-state index < -0.39 is 0 Å². The lowest BCUT2D eigenvalue weighted by molar-refractivity contribution is 0.0741. The number of ether oxygens (including phenoxy) is 1. The first-order valence-electron chi connectivity index (χ1n) is 10.5. The Morgan fingerprint density at radius 2 is 1.80 bits per heavy atom. The molecule has 2 heterocycles. The number of benzene rings is 2. The van der Waals surface area contributed by atoms with E-state index in [2.05, 4.69) is 47.1 Å². The summed E-state index contributed by atoms with van der Waals surface area (Å²) < 4.78 is 5.48. The second-order valence-corrected chi connectivity index (χ2v) is 7.62. The van der Waals surface area contributed by atoms with Crippen LogP contribution in [0.1, 0.15) is 28.5 Å². The molecule has 1 aliphatic heterocycles. The fourth-order valence-corrected chi connectivity index (χ4v) is 3.87. The van der Waals surface area contributed by atoms with Crippen molar-refractivity contribution in [3.8, 4) is 17.0 Å². The van der Waals surface area contributed by atoms with Crippen LogP contribution < -0.4 is 9.64 Å². The highest BCUT2D eigenvalue weighted by molar-refractivity contribution is 5.93. The van der Waals surface area contributed by atoms with E-state index in [0.29, 0.717) is 25.4 Å². The Hall–Kier alpha value is -3.28. The van der Waals surface area contributed by atoms with Crippen molar-refractivity contribution in [2.75, 3.05) is 37.7 Å². The Morgan fingerprint density at radius 3 is 2.50 bits per heavy atom. The molecule has 2 aromatic carbocycles. The number of rotatable bonds is 5. The van der Waals surface area contributed by atoms with E-state index in [4.69, 9.17) is 4.74 Å². The molecule has 1 aromatic heterocycles. The summed E-state index contributed by atoms with van der Waals surface area (Å²) in [6.07, 6.45) is 0. The molecule has 3 aromatic rings. The summed E-state index contributed by atoms with van der Waals surface area (Å²) >= 11 is 0. The molecule has 6 nitrogen and oxygen atoms in total. The van der Waals surface area contributed by atoms with Crippen LogP contribution in [0.15, 0.2) is 48.5 Å². The van der Waals surface area contributed by atoms with Crippen LogP contribution in [0, 0.1) is 13.8 Å². The SMILES string of the molecule is CCOc1ccc(-c2cc(C(=O)N3CCN(c4cccc(C)c4C)CC3)[nH]n2)cc1. The van der Waals surface area contributed by atoms with Gasteiger partial charge in [0.2, 0.25) is 0 Å². The van der Waals surface area contributed by atoms with Crippen LogP contribution in [0.5, 0.6) is 5.75 Å². The predicted molar refractivity (Wildman–Crippen MR) is 119 cm³/mol. The molecule has 4 rings (SSSR count). The van der Waals surface area contributed by atoms with Crippen LogP contribution >= 0.6 is 0 Å². The number of piperazine rings is 1. The van der Waals surface area contributed by atoms with Crippen molar-refractivity contribution in [3.63, 3.8) is 0 Å². The topological polar surface area (TPSA) is 61.5 Å². The van der Waals surface area contributed by atoms with Crippen molar-refractivity contribution in [1.82, 2.24) is 15.1 Å². The van der Waals surface area contributed by atoms with E-state index in [9.17, 15) is 4.79 Å². The van der Waals surface area contributed by atoms with E-state index in [-0.39, 0.29) is 5.91 Å². The minimum atomic E-state index is 0.000278. The molecule has 0 unspecified atom stereocenters. The zero-order valence-electron chi connectivity index (χ0n) is 17.8. The standard InChI is InChI=1S/C24H28N4O2/c1-4-30-20-10-8-19(9-11-20)21-16-22(26-25-21)24(29)28-14-12-27(13-15-28)23-7-5-6-17(2)18(23)3/h5-11,16H,4,12-15H2,1-3H3,(H,25,26). The third-order valence-corrected chi connectivity index (χ3v) is 5.75. The lowest BCUT2D eigenvalue weighted by Crippen LogP contribution is -2.49. The molecule has 6 heteroatoms. The van der Waals surface area contributed by atoms with Crippen LogP contribution in [-0.2, 0) is 0 Å². The fraction of sp³-hybridized carbons (Fsp3) is 0.333. The molecular weight excluding hydrogens is 376 g/mol. The van der Waals surface area contributed by atoms with Gasteiger partial charge in [-0.25, -0.2) is 0 Å². The summed E-state index contributed by atoms with van der Waals surface area (Å²) in [6, 6.07) is 16.0. The number of nitrogens with zero attached hydrogens (tertiary/aromatic N) is 3. The van der Waals surface area contributed by atoms with Gasteiger partial charge in [-0.05, 0) is 68.3 Å². The number of anilines is 1. The Morgan fingerprint density at radius 1 is 1.07 bits per heavy atom. The first-order chi connectivity index (χ1) is 14.6. The molecule has 1 saturated heterocycles. The van der Waals surface area contributed by atoms with Gasteiger partial charge >= 0.3 is 0 Å². The van der Waals surface area contributed by atoms with Crippen molar-refractivity contribution >= 4 is 11.6 Å². The van der Waals surface area contributed by atoms with E-state index in [0.717, 1.165) is 30.1 Å². The predicted octanol–water partition coefficient (Wildman–Crippen LogP) is 4.05. The maximum atomic E-state index is 13.0. The molecule has 1 aliphatic rings. The van der Waals surface area contributed by atoms with Crippen LogP contribution in [0.2, 0.25) is 0 Å². The second kappa shape index (κ2) is 8.61. The lowest BCUT2D eigenvalue weighted by Gasteiger charge is -2.36. The van der Waals surface area contributed by atoms with Gasteiger partial charge in [-0.3, -0.25) is 9.89 Å². The largest absolute Gasteiger partial charge is 0.494 e. The van der Waals surface area contributed by atoms with Gasteiger partial charge in [0.05, 0.1) is 12.3 Å². The quantitative estimate of drug-likeness (QED) is 0.697. The zero-order valence-corrected chi connectivity index (χ0v) is 17.8. The summed E-state index contributed by atoms with van der Waals surface area (Å²) in [7, 11) is 0. The van der Waals surface area contributed by atoms with Crippen molar-refractivity contribution in [2.45, 2.75) is 20.8 Å². The van der Waals surface area contributed by atoms with Gasteiger partial charge in [0.1, 0.15) is 11.4 Å². The van der Waals surface area contributed by atoms with E-state index in [1.807, 2.05) is 42.2 Å². The number of carbonyl (C=O) groups is 1. The highest BCUT2D eigenvalue weighted by Gasteiger charge is 2.24. The van der Waals surface area contributed by atoms with Crippen LogP contribution in [0.4, 0.5) is 5.69 Å². The number of aryl methyl sites for hydroxylation is 1. The Kier molecular flexibility index (Phi) is 5.74. The molecule has 0 bridgehead atoms. The van der Waals surface area contributed by atoms with Crippen LogP contribution in [0.25, 0.3) is 11.3 Å². The third kappa shape index (κ3) is 4.03. The summed E-state index contributed by atoms with van der Waals surface area (Å²) in [5.41, 5.74) is 6.11. The molecule has 0 spiro atoms. The van der Waals surface area contributed by atoms with Gasteiger partial charge in [-0.2, -0.15) is 5.10 Å². The average Bonchev–Trinajstić information content (AvgIpc) is 3.26. The van der Waals surface area contributed by atoms with Gasteiger partial charge in [-0.1, -0.05) is 12.1 Å². The van der Waals surface area contributed by atoms with Crippen LogP contribution in [-0.4, -0.2) is 53.8 Å². The zero-order chi connectivity index (χ0) is 21.1. The second-order valence-electron chi connectivity index (χ2n) is 7.62. The highest BCUT2D eigenvalue weighted by Crippen LogP contribution is 2.25. The number of nitrogens with one attached hydrogen (secondary N) is 1. The molecule has 1 N–H and O–H groups in total. The number of amides is 1. The van der Waals surface area contributed by atoms with E-state index >= 15 is 0 Å². The maximum Gasteiger partial charge on any atom is 0.272 e. The fourth-order valence-electron chi connectivity index (χ4n) is 3.87. The van der Waals surface area contributed by atoms with E-state index in [1.54, 1.807) is 0 Å². The minimum absolute atomic E-state index is 0.000278. The average molecular weight is 405 g/mol. The lowest BCUT2D eigenvalue weighted by atomic mass is 10.1. The number of hydrogen-bond acceptors (Lipinski definition) is 4.